The predicted molar refractivity (Wildman–Crippen MR) is 95.1 cm³/mol. The minimum Gasteiger partial charge on any atom is -0.507 e. The minimum absolute atomic E-state index is 0.104. The maximum atomic E-state index is 13.4. The molecule has 2 aromatic rings. The van der Waals surface area contributed by atoms with Crippen molar-refractivity contribution in [2.75, 3.05) is 7.05 Å². The van der Waals surface area contributed by atoms with Crippen LogP contribution in [-0.4, -0.2) is 35.0 Å². The van der Waals surface area contributed by atoms with Gasteiger partial charge in [0.2, 0.25) is 0 Å². The third-order valence-electron chi connectivity index (χ3n) is 4.03. The first kappa shape index (κ1) is 19.4. The molecule has 0 aliphatic carbocycles. The van der Waals surface area contributed by atoms with Crippen molar-refractivity contribution < 1.29 is 23.8 Å². The second kappa shape index (κ2) is 8.99. The van der Waals surface area contributed by atoms with Crippen molar-refractivity contribution in [1.29, 1.82) is 0 Å². The molecule has 26 heavy (non-hydrogen) atoms. The van der Waals surface area contributed by atoms with E-state index in [-0.39, 0.29) is 17.9 Å². The Bertz CT molecular complexity index is 764. The van der Waals surface area contributed by atoms with Gasteiger partial charge in [-0.1, -0.05) is 43.7 Å². The van der Waals surface area contributed by atoms with Gasteiger partial charge in [0.15, 0.2) is 0 Å². The lowest BCUT2D eigenvalue weighted by molar-refractivity contribution is -0.150. The number of rotatable bonds is 7. The number of hydrogen-bond acceptors (Lipinski definition) is 4. The summed E-state index contributed by atoms with van der Waals surface area (Å²) in [5.41, 5.74) is 0.650. The zero-order valence-electron chi connectivity index (χ0n) is 14.8. The van der Waals surface area contributed by atoms with Crippen LogP contribution in [0, 0.1) is 5.82 Å². The first-order valence-electron chi connectivity index (χ1n) is 8.40. The number of benzene rings is 2. The molecular weight excluding hydrogens is 337 g/mol. The van der Waals surface area contributed by atoms with E-state index >= 15 is 0 Å². The highest BCUT2D eigenvalue weighted by Crippen LogP contribution is 2.21. The van der Waals surface area contributed by atoms with Crippen LogP contribution in [0.15, 0.2) is 48.5 Å². The van der Waals surface area contributed by atoms with Crippen molar-refractivity contribution in [3.8, 4) is 5.75 Å². The van der Waals surface area contributed by atoms with Crippen LogP contribution < -0.4 is 0 Å². The number of amides is 1. The molecule has 0 saturated heterocycles. The molecule has 1 amide bonds. The van der Waals surface area contributed by atoms with E-state index in [1.807, 2.05) is 37.3 Å². The van der Waals surface area contributed by atoms with Gasteiger partial charge in [0.1, 0.15) is 24.2 Å². The molecule has 0 heterocycles. The summed E-state index contributed by atoms with van der Waals surface area (Å²) in [5.74, 6) is -2.16. The summed E-state index contributed by atoms with van der Waals surface area (Å²) >= 11 is 0. The fourth-order valence-corrected chi connectivity index (χ4v) is 2.58. The molecule has 0 spiro atoms. The van der Waals surface area contributed by atoms with Crippen LogP contribution in [0.25, 0.3) is 0 Å². The number of aromatic hydroxyl groups is 1. The van der Waals surface area contributed by atoms with E-state index in [4.69, 9.17) is 4.74 Å². The molecule has 1 atom stereocenters. The van der Waals surface area contributed by atoms with E-state index in [0.29, 0.717) is 12.8 Å². The lowest BCUT2D eigenvalue weighted by Crippen LogP contribution is -2.43. The van der Waals surface area contributed by atoms with Crippen LogP contribution in [0.4, 0.5) is 4.39 Å². The molecule has 1 N–H and O–H groups in total. The summed E-state index contributed by atoms with van der Waals surface area (Å²) in [6.07, 6.45) is 1.05. The van der Waals surface area contributed by atoms with Crippen LogP contribution in [0.5, 0.6) is 5.75 Å². The second-order valence-corrected chi connectivity index (χ2v) is 5.98. The van der Waals surface area contributed by atoms with Gasteiger partial charge in [-0.15, -0.1) is 0 Å². The molecule has 138 valence electrons. The molecule has 0 bridgehead atoms. The van der Waals surface area contributed by atoms with E-state index in [9.17, 15) is 19.1 Å². The van der Waals surface area contributed by atoms with Crippen LogP contribution in [0.2, 0.25) is 0 Å². The maximum Gasteiger partial charge on any atom is 0.329 e. The Balaban J connectivity index is 2.12. The van der Waals surface area contributed by atoms with E-state index in [0.717, 1.165) is 23.8 Å². The quantitative estimate of drug-likeness (QED) is 0.768. The van der Waals surface area contributed by atoms with E-state index < -0.39 is 23.7 Å². The average Bonchev–Trinajstić information content (AvgIpc) is 2.65. The van der Waals surface area contributed by atoms with Gasteiger partial charge in [0, 0.05) is 7.05 Å². The number of hydrogen-bond donors (Lipinski definition) is 1. The van der Waals surface area contributed by atoms with Crippen molar-refractivity contribution in [2.45, 2.75) is 32.4 Å². The molecule has 2 aromatic carbocycles. The first-order valence-corrected chi connectivity index (χ1v) is 8.40. The standard InChI is InChI=1S/C20H22FNO4/c1-3-7-17(20(25)26-13-14-8-5-4-6-9-14)22(2)19(24)16-12-15(21)10-11-18(16)23/h4-6,8-12,17,23H,3,7,13H2,1-2H3/t17-/m0/s1. The Kier molecular flexibility index (Phi) is 6.72. The fourth-order valence-electron chi connectivity index (χ4n) is 2.58. The molecule has 0 unspecified atom stereocenters. The zero-order chi connectivity index (χ0) is 19.1. The van der Waals surface area contributed by atoms with Crippen molar-refractivity contribution in [3.63, 3.8) is 0 Å². The lowest BCUT2D eigenvalue weighted by atomic mass is 10.1. The van der Waals surface area contributed by atoms with Crippen molar-refractivity contribution in [2.24, 2.45) is 0 Å². The third kappa shape index (κ3) is 4.81. The summed E-state index contributed by atoms with van der Waals surface area (Å²) in [4.78, 5) is 26.3. The molecule has 0 aliphatic heterocycles. The van der Waals surface area contributed by atoms with Gasteiger partial charge in [0.05, 0.1) is 5.56 Å². The Labute approximate surface area is 152 Å². The van der Waals surface area contributed by atoms with Gasteiger partial charge in [-0.05, 0) is 30.2 Å². The largest absolute Gasteiger partial charge is 0.507 e. The molecule has 0 saturated carbocycles. The van der Waals surface area contributed by atoms with E-state index in [1.165, 1.54) is 11.9 Å². The zero-order valence-corrected chi connectivity index (χ0v) is 14.8. The molecule has 0 aromatic heterocycles. The molecule has 6 heteroatoms. The average molecular weight is 359 g/mol. The number of ether oxygens (including phenoxy) is 1. The number of halogens is 1. The summed E-state index contributed by atoms with van der Waals surface area (Å²) in [5, 5.41) is 9.83. The maximum absolute atomic E-state index is 13.4. The van der Waals surface area contributed by atoms with Gasteiger partial charge >= 0.3 is 5.97 Å². The molecular formula is C20H22FNO4. The summed E-state index contributed by atoms with van der Waals surface area (Å²) in [7, 11) is 1.44. The normalized spacial score (nSPS) is 11.7. The fraction of sp³-hybridized carbons (Fsp3) is 0.300. The smallest absolute Gasteiger partial charge is 0.329 e. The van der Waals surface area contributed by atoms with Gasteiger partial charge in [-0.25, -0.2) is 9.18 Å². The molecule has 0 fully saturated rings. The number of nitrogens with zero attached hydrogens (tertiary/aromatic N) is 1. The number of esters is 1. The van der Waals surface area contributed by atoms with Crippen LogP contribution in [-0.2, 0) is 16.1 Å². The van der Waals surface area contributed by atoms with Crippen LogP contribution >= 0.6 is 0 Å². The van der Waals surface area contributed by atoms with E-state index in [1.54, 1.807) is 0 Å². The minimum atomic E-state index is -0.820. The Morgan fingerprint density at radius 3 is 2.54 bits per heavy atom. The van der Waals surface area contributed by atoms with Crippen molar-refractivity contribution >= 4 is 11.9 Å². The highest BCUT2D eigenvalue weighted by Gasteiger charge is 2.29. The van der Waals surface area contributed by atoms with Gasteiger partial charge in [0.25, 0.3) is 5.91 Å². The number of likely N-dealkylation sites (N-methyl/N-ethyl adjacent to an activating group) is 1. The summed E-state index contributed by atoms with van der Waals surface area (Å²) in [6.45, 7) is 1.99. The number of phenolic OH excluding ortho intramolecular Hbond substituents is 1. The topological polar surface area (TPSA) is 66.8 Å². The van der Waals surface area contributed by atoms with Crippen LogP contribution in [0.3, 0.4) is 0 Å². The Hall–Kier alpha value is -2.89. The van der Waals surface area contributed by atoms with Crippen LogP contribution in [0.1, 0.15) is 35.7 Å². The van der Waals surface area contributed by atoms with Crippen molar-refractivity contribution in [1.82, 2.24) is 4.90 Å². The van der Waals surface area contributed by atoms with Gasteiger partial charge in [-0.2, -0.15) is 0 Å². The molecule has 2 rings (SSSR count). The SMILES string of the molecule is CCC[C@@H](C(=O)OCc1ccccc1)N(C)C(=O)c1cc(F)ccc1O. The van der Waals surface area contributed by atoms with Gasteiger partial charge in [-0.3, -0.25) is 4.79 Å². The Morgan fingerprint density at radius 2 is 1.88 bits per heavy atom. The highest BCUT2D eigenvalue weighted by atomic mass is 19.1. The second-order valence-electron chi connectivity index (χ2n) is 5.98. The molecule has 5 nitrogen and oxygen atoms in total. The monoisotopic (exact) mass is 359 g/mol. The third-order valence-corrected chi connectivity index (χ3v) is 4.03. The number of phenols is 1. The summed E-state index contributed by atoms with van der Waals surface area (Å²) in [6, 6.07) is 11.5. The van der Waals surface area contributed by atoms with Crippen molar-refractivity contribution in [3.05, 3.63) is 65.5 Å². The molecule has 0 aliphatic rings. The molecule has 0 radical (unpaired) electrons. The predicted octanol–water partition coefficient (Wildman–Crippen LogP) is 3.52. The van der Waals surface area contributed by atoms with Gasteiger partial charge < -0.3 is 14.7 Å². The Morgan fingerprint density at radius 1 is 1.19 bits per heavy atom. The number of carbonyl (C=O) groups excluding carboxylic acids is 2. The highest BCUT2D eigenvalue weighted by molar-refractivity contribution is 5.98. The summed E-state index contributed by atoms with van der Waals surface area (Å²) < 4.78 is 18.7. The van der Waals surface area contributed by atoms with E-state index in [2.05, 4.69) is 0 Å². The lowest BCUT2D eigenvalue weighted by Gasteiger charge is -2.26. The first-order chi connectivity index (χ1) is 12.4. The number of carbonyl (C=O) groups is 2.